The second-order valence-corrected chi connectivity index (χ2v) is 6.63. The number of esters is 1. The number of carbonyl (C=O) groups excluding carboxylic acids is 3. The highest BCUT2D eigenvalue weighted by Gasteiger charge is 2.16. The molecule has 2 amide bonds. The van der Waals surface area contributed by atoms with Gasteiger partial charge in [-0.05, 0) is 42.8 Å². The largest absolute Gasteiger partial charge is 0.456 e. The molecule has 0 saturated heterocycles. The van der Waals surface area contributed by atoms with Crippen LogP contribution in [-0.4, -0.2) is 29.4 Å². The van der Waals surface area contributed by atoms with Crippen molar-refractivity contribution in [3.63, 3.8) is 0 Å². The first-order valence-corrected chi connectivity index (χ1v) is 8.87. The van der Waals surface area contributed by atoms with E-state index in [0.29, 0.717) is 21.7 Å². The van der Waals surface area contributed by atoms with Crippen molar-refractivity contribution < 1.29 is 19.1 Å². The summed E-state index contributed by atoms with van der Waals surface area (Å²) in [5.41, 5.74) is 1.32. The van der Waals surface area contributed by atoms with Gasteiger partial charge in [0.05, 0.1) is 4.88 Å². The van der Waals surface area contributed by atoms with Crippen LogP contribution in [0.5, 0.6) is 0 Å². The second-order valence-electron chi connectivity index (χ2n) is 5.68. The topological polar surface area (TPSA) is 129 Å². The SMILES string of the molecule is Cc1[nH]c(=O)c(C#N)c(C)c1CCC(=O)OCC(=O)NC(=O)c1cccs1. The van der Waals surface area contributed by atoms with E-state index in [1.807, 2.05) is 6.07 Å². The van der Waals surface area contributed by atoms with Crippen molar-refractivity contribution in [1.82, 2.24) is 10.3 Å². The van der Waals surface area contributed by atoms with Gasteiger partial charge in [0.1, 0.15) is 11.6 Å². The third-order valence-electron chi connectivity index (χ3n) is 3.86. The number of imide groups is 1. The Morgan fingerprint density at radius 2 is 2.07 bits per heavy atom. The molecular weight excluding hydrogens is 370 g/mol. The van der Waals surface area contributed by atoms with Crippen LogP contribution in [-0.2, 0) is 20.7 Å². The molecule has 2 aromatic heterocycles. The standard InChI is InChI=1S/C18H17N3O5S/c1-10-12(11(2)20-17(24)13(10)8-19)5-6-16(23)26-9-15(22)21-18(25)14-4-3-7-27-14/h3-4,7H,5-6,9H2,1-2H3,(H,20,24)(H,21,22,25). The molecule has 0 saturated carbocycles. The van der Waals surface area contributed by atoms with Crippen LogP contribution in [0.25, 0.3) is 0 Å². The molecule has 0 radical (unpaired) electrons. The zero-order valence-corrected chi connectivity index (χ0v) is 15.6. The number of amides is 2. The Bertz CT molecular complexity index is 970. The van der Waals surface area contributed by atoms with Crippen LogP contribution in [0.1, 0.15) is 38.5 Å². The highest BCUT2D eigenvalue weighted by atomic mass is 32.1. The van der Waals surface area contributed by atoms with Gasteiger partial charge < -0.3 is 9.72 Å². The highest BCUT2D eigenvalue weighted by Crippen LogP contribution is 2.15. The number of thiophene rings is 1. The molecular formula is C18H17N3O5S. The predicted molar refractivity (Wildman–Crippen MR) is 97.3 cm³/mol. The molecule has 2 aromatic rings. The van der Waals surface area contributed by atoms with Crippen molar-refractivity contribution in [3.8, 4) is 6.07 Å². The summed E-state index contributed by atoms with van der Waals surface area (Å²) < 4.78 is 4.87. The van der Waals surface area contributed by atoms with E-state index in [4.69, 9.17) is 10.00 Å². The molecule has 0 fully saturated rings. The summed E-state index contributed by atoms with van der Waals surface area (Å²) in [5.74, 6) is -1.89. The number of aryl methyl sites for hydroxylation is 1. The summed E-state index contributed by atoms with van der Waals surface area (Å²) >= 11 is 1.19. The predicted octanol–water partition coefficient (Wildman–Crippen LogP) is 1.36. The van der Waals surface area contributed by atoms with Gasteiger partial charge in [-0.2, -0.15) is 5.26 Å². The molecule has 0 unspecified atom stereocenters. The lowest BCUT2D eigenvalue weighted by Gasteiger charge is -2.10. The Kier molecular flexibility index (Phi) is 6.62. The maximum absolute atomic E-state index is 11.9. The molecule has 0 spiro atoms. The summed E-state index contributed by atoms with van der Waals surface area (Å²) in [4.78, 5) is 49.9. The molecule has 0 bridgehead atoms. The number of carbonyl (C=O) groups is 3. The van der Waals surface area contributed by atoms with Crippen molar-refractivity contribution in [2.75, 3.05) is 6.61 Å². The fourth-order valence-electron chi connectivity index (χ4n) is 2.50. The first-order chi connectivity index (χ1) is 12.8. The first kappa shape index (κ1) is 20.1. The van der Waals surface area contributed by atoms with E-state index in [-0.39, 0.29) is 18.4 Å². The van der Waals surface area contributed by atoms with Gasteiger partial charge in [-0.1, -0.05) is 6.07 Å². The number of nitrogens with zero attached hydrogens (tertiary/aromatic N) is 1. The normalized spacial score (nSPS) is 10.1. The Morgan fingerprint density at radius 1 is 1.33 bits per heavy atom. The van der Waals surface area contributed by atoms with Gasteiger partial charge in [0.15, 0.2) is 6.61 Å². The van der Waals surface area contributed by atoms with Gasteiger partial charge in [-0.3, -0.25) is 24.5 Å². The van der Waals surface area contributed by atoms with Gasteiger partial charge in [0.2, 0.25) is 0 Å². The summed E-state index contributed by atoms with van der Waals surface area (Å²) in [7, 11) is 0. The van der Waals surface area contributed by atoms with Crippen LogP contribution < -0.4 is 10.9 Å². The molecule has 2 heterocycles. The van der Waals surface area contributed by atoms with Crippen LogP contribution in [0.3, 0.4) is 0 Å². The summed E-state index contributed by atoms with van der Waals surface area (Å²) in [6.45, 7) is 2.76. The smallest absolute Gasteiger partial charge is 0.306 e. The zero-order chi connectivity index (χ0) is 20.0. The van der Waals surface area contributed by atoms with Crippen LogP contribution in [0.2, 0.25) is 0 Å². The third kappa shape index (κ3) is 5.12. The molecule has 0 aliphatic heterocycles. The van der Waals surface area contributed by atoms with E-state index in [0.717, 1.165) is 0 Å². The Hall–Kier alpha value is -3.25. The maximum Gasteiger partial charge on any atom is 0.306 e. The Morgan fingerprint density at radius 3 is 2.70 bits per heavy atom. The lowest BCUT2D eigenvalue weighted by atomic mass is 9.99. The van der Waals surface area contributed by atoms with E-state index >= 15 is 0 Å². The van der Waals surface area contributed by atoms with Crippen LogP contribution in [0, 0.1) is 25.2 Å². The number of hydrogen-bond acceptors (Lipinski definition) is 7. The van der Waals surface area contributed by atoms with E-state index in [2.05, 4.69) is 10.3 Å². The molecule has 140 valence electrons. The number of aromatic amines is 1. The minimum atomic E-state index is -0.718. The second kappa shape index (κ2) is 8.91. The molecule has 0 aromatic carbocycles. The van der Waals surface area contributed by atoms with Gasteiger partial charge >= 0.3 is 5.97 Å². The zero-order valence-electron chi connectivity index (χ0n) is 14.8. The summed E-state index contributed by atoms with van der Waals surface area (Å²) in [6, 6.07) is 5.10. The monoisotopic (exact) mass is 387 g/mol. The number of ether oxygens (including phenoxy) is 1. The van der Waals surface area contributed by atoms with Crippen molar-refractivity contribution in [3.05, 3.63) is 55.1 Å². The number of H-pyrrole nitrogens is 1. The first-order valence-electron chi connectivity index (χ1n) is 7.99. The molecule has 2 N–H and O–H groups in total. The van der Waals surface area contributed by atoms with Crippen molar-refractivity contribution in [2.24, 2.45) is 0 Å². The summed E-state index contributed by atoms with van der Waals surface area (Å²) in [5, 5.41) is 12.9. The van der Waals surface area contributed by atoms with Gasteiger partial charge in [-0.25, -0.2) is 0 Å². The Balaban J connectivity index is 1.87. The molecule has 8 nitrogen and oxygen atoms in total. The highest BCUT2D eigenvalue weighted by molar-refractivity contribution is 7.12. The molecule has 2 rings (SSSR count). The molecule has 0 aliphatic carbocycles. The quantitative estimate of drug-likeness (QED) is 0.720. The molecule has 9 heteroatoms. The summed E-state index contributed by atoms with van der Waals surface area (Å²) in [6.07, 6.45) is 0.211. The maximum atomic E-state index is 11.9. The number of pyridine rings is 1. The van der Waals surface area contributed by atoms with Gasteiger partial charge in [-0.15, -0.1) is 11.3 Å². The number of nitriles is 1. The number of rotatable bonds is 6. The molecule has 0 atom stereocenters. The average molecular weight is 387 g/mol. The minimum Gasteiger partial charge on any atom is -0.456 e. The van der Waals surface area contributed by atoms with Crippen molar-refractivity contribution in [2.45, 2.75) is 26.7 Å². The third-order valence-corrected chi connectivity index (χ3v) is 4.73. The van der Waals surface area contributed by atoms with E-state index in [9.17, 15) is 19.2 Å². The van der Waals surface area contributed by atoms with Gasteiger partial charge in [0.25, 0.3) is 17.4 Å². The Labute approximate surface area is 158 Å². The number of nitrogens with one attached hydrogen (secondary N) is 2. The number of hydrogen-bond donors (Lipinski definition) is 2. The van der Waals surface area contributed by atoms with E-state index in [1.54, 1.807) is 31.4 Å². The van der Waals surface area contributed by atoms with Crippen LogP contribution in [0.15, 0.2) is 22.3 Å². The molecule has 27 heavy (non-hydrogen) atoms. The van der Waals surface area contributed by atoms with E-state index < -0.39 is 29.9 Å². The lowest BCUT2D eigenvalue weighted by Crippen LogP contribution is -2.33. The minimum absolute atomic E-state index is 0.00966. The number of aromatic nitrogens is 1. The van der Waals surface area contributed by atoms with Crippen molar-refractivity contribution in [1.29, 1.82) is 5.26 Å². The van der Waals surface area contributed by atoms with Crippen LogP contribution >= 0.6 is 11.3 Å². The fourth-order valence-corrected chi connectivity index (χ4v) is 3.12. The van der Waals surface area contributed by atoms with Crippen LogP contribution in [0.4, 0.5) is 0 Å². The lowest BCUT2D eigenvalue weighted by molar-refractivity contribution is -0.148. The molecule has 0 aliphatic rings. The average Bonchev–Trinajstić information content (AvgIpc) is 3.14. The van der Waals surface area contributed by atoms with Crippen molar-refractivity contribution >= 4 is 29.1 Å². The fraction of sp³-hybridized carbons (Fsp3) is 0.278. The van der Waals surface area contributed by atoms with Gasteiger partial charge in [0, 0.05) is 12.1 Å². The van der Waals surface area contributed by atoms with E-state index in [1.165, 1.54) is 11.3 Å².